The summed E-state index contributed by atoms with van der Waals surface area (Å²) in [6, 6.07) is 27.4. The standard InChI is InChI=1S/C29H36O2/c1-6-30-29(26-14-12-24(13-15-26)23-10-8-7-9-11-23)31-27-18-16-25(17-19-27)28(22(4)5)20-21(2)3/h7-19,21-22,28-29H,6,20H2,1-5H3. The van der Waals surface area contributed by atoms with Gasteiger partial charge in [-0.05, 0) is 59.9 Å². The van der Waals surface area contributed by atoms with Crippen molar-refractivity contribution in [1.82, 2.24) is 0 Å². The molecule has 2 unspecified atom stereocenters. The predicted molar refractivity (Wildman–Crippen MR) is 130 cm³/mol. The first kappa shape index (κ1) is 23.1. The summed E-state index contributed by atoms with van der Waals surface area (Å²) in [6.07, 6.45) is 0.782. The van der Waals surface area contributed by atoms with E-state index in [9.17, 15) is 0 Å². The molecule has 31 heavy (non-hydrogen) atoms. The molecule has 0 saturated carbocycles. The first-order valence-electron chi connectivity index (χ1n) is 11.5. The van der Waals surface area contributed by atoms with E-state index in [1.54, 1.807) is 0 Å². The fourth-order valence-corrected chi connectivity index (χ4v) is 4.03. The molecule has 164 valence electrons. The summed E-state index contributed by atoms with van der Waals surface area (Å²) in [6.45, 7) is 11.8. The molecular weight excluding hydrogens is 380 g/mol. The van der Waals surface area contributed by atoms with Gasteiger partial charge in [0, 0.05) is 12.2 Å². The van der Waals surface area contributed by atoms with E-state index in [1.165, 1.54) is 23.1 Å². The Morgan fingerprint density at radius 3 is 1.81 bits per heavy atom. The van der Waals surface area contributed by atoms with Crippen molar-refractivity contribution in [2.45, 2.75) is 53.2 Å². The molecule has 2 atom stereocenters. The van der Waals surface area contributed by atoms with E-state index in [-0.39, 0.29) is 0 Å². The Labute approximate surface area is 188 Å². The van der Waals surface area contributed by atoms with Gasteiger partial charge in [0.25, 0.3) is 0 Å². The minimum absolute atomic E-state index is 0.419. The molecule has 3 rings (SSSR count). The molecule has 0 fully saturated rings. The van der Waals surface area contributed by atoms with E-state index in [0.29, 0.717) is 24.4 Å². The fourth-order valence-electron chi connectivity index (χ4n) is 4.03. The minimum Gasteiger partial charge on any atom is -0.461 e. The van der Waals surface area contributed by atoms with Crippen molar-refractivity contribution in [2.24, 2.45) is 11.8 Å². The summed E-state index contributed by atoms with van der Waals surface area (Å²) in [4.78, 5) is 0. The molecule has 2 heteroatoms. The normalized spacial score (nSPS) is 13.4. The Morgan fingerprint density at radius 2 is 1.26 bits per heavy atom. The van der Waals surface area contributed by atoms with E-state index >= 15 is 0 Å². The molecule has 0 aliphatic rings. The minimum atomic E-state index is -0.419. The predicted octanol–water partition coefficient (Wildman–Crippen LogP) is 8.25. The van der Waals surface area contributed by atoms with Crippen LogP contribution in [0.3, 0.4) is 0 Å². The molecule has 3 aromatic rings. The quantitative estimate of drug-likeness (QED) is 0.310. The van der Waals surface area contributed by atoms with Crippen LogP contribution in [-0.2, 0) is 4.74 Å². The van der Waals surface area contributed by atoms with Crippen LogP contribution in [0.15, 0.2) is 78.9 Å². The highest BCUT2D eigenvalue weighted by molar-refractivity contribution is 5.63. The molecule has 0 spiro atoms. The lowest BCUT2D eigenvalue weighted by molar-refractivity contribution is -0.0786. The van der Waals surface area contributed by atoms with Gasteiger partial charge in [-0.15, -0.1) is 0 Å². The van der Waals surface area contributed by atoms with Crippen LogP contribution >= 0.6 is 0 Å². The van der Waals surface area contributed by atoms with Crippen LogP contribution in [0.2, 0.25) is 0 Å². The van der Waals surface area contributed by atoms with E-state index in [2.05, 4.69) is 100 Å². The number of benzene rings is 3. The number of hydrogen-bond donors (Lipinski definition) is 0. The zero-order valence-corrected chi connectivity index (χ0v) is 19.5. The van der Waals surface area contributed by atoms with Gasteiger partial charge in [0.2, 0.25) is 6.29 Å². The van der Waals surface area contributed by atoms with Crippen molar-refractivity contribution < 1.29 is 9.47 Å². The molecule has 0 aliphatic carbocycles. The molecule has 0 amide bonds. The number of ether oxygens (including phenoxy) is 2. The van der Waals surface area contributed by atoms with Gasteiger partial charge in [-0.1, -0.05) is 94.4 Å². The van der Waals surface area contributed by atoms with Crippen LogP contribution in [0.25, 0.3) is 11.1 Å². The Balaban J connectivity index is 1.74. The van der Waals surface area contributed by atoms with Gasteiger partial charge in [0.15, 0.2) is 0 Å². The summed E-state index contributed by atoms with van der Waals surface area (Å²) < 4.78 is 12.2. The van der Waals surface area contributed by atoms with Crippen LogP contribution in [0, 0.1) is 11.8 Å². The largest absolute Gasteiger partial charge is 0.461 e. The van der Waals surface area contributed by atoms with Crippen molar-refractivity contribution in [3.05, 3.63) is 90.0 Å². The molecule has 3 aromatic carbocycles. The van der Waals surface area contributed by atoms with Gasteiger partial charge in [-0.2, -0.15) is 0 Å². The second-order valence-electron chi connectivity index (χ2n) is 8.94. The fraction of sp³-hybridized carbons (Fsp3) is 0.379. The Kier molecular flexibility index (Phi) is 8.31. The third kappa shape index (κ3) is 6.45. The summed E-state index contributed by atoms with van der Waals surface area (Å²) in [5.74, 6) is 2.71. The highest BCUT2D eigenvalue weighted by atomic mass is 16.7. The number of rotatable bonds is 10. The number of hydrogen-bond acceptors (Lipinski definition) is 2. The third-order valence-electron chi connectivity index (χ3n) is 5.69. The van der Waals surface area contributed by atoms with Crippen molar-refractivity contribution in [3.8, 4) is 16.9 Å². The zero-order chi connectivity index (χ0) is 22.2. The molecule has 2 nitrogen and oxygen atoms in total. The molecular formula is C29H36O2. The third-order valence-corrected chi connectivity index (χ3v) is 5.69. The SMILES string of the molecule is CCOC(Oc1ccc(C(CC(C)C)C(C)C)cc1)c1ccc(-c2ccccc2)cc1. The highest BCUT2D eigenvalue weighted by Gasteiger charge is 2.18. The Morgan fingerprint density at radius 1 is 0.677 bits per heavy atom. The van der Waals surface area contributed by atoms with E-state index in [0.717, 1.165) is 11.3 Å². The molecule has 0 radical (unpaired) electrons. The lowest BCUT2D eigenvalue weighted by atomic mass is 9.82. The summed E-state index contributed by atoms with van der Waals surface area (Å²) in [7, 11) is 0. The second kappa shape index (κ2) is 11.2. The monoisotopic (exact) mass is 416 g/mol. The van der Waals surface area contributed by atoms with Gasteiger partial charge in [0.05, 0.1) is 0 Å². The second-order valence-corrected chi connectivity index (χ2v) is 8.94. The van der Waals surface area contributed by atoms with Gasteiger partial charge >= 0.3 is 0 Å². The average Bonchev–Trinajstić information content (AvgIpc) is 2.78. The zero-order valence-electron chi connectivity index (χ0n) is 19.5. The molecule has 0 N–H and O–H groups in total. The lowest BCUT2D eigenvalue weighted by Gasteiger charge is -2.24. The van der Waals surface area contributed by atoms with Crippen LogP contribution in [0.1, 0.15) is 64.4 Å². The Bertz CT molecular complexity index is 896. The van der Waals surface area contributed by atoms with Crippen molar-refractivity contribution in [2.75, 3.05) is 6.61 Å². The van der Waals surface area contributed by atoms with Crippen molar-refractivity contribution in [3.63, 3.8) is 0 Å². The molecule has 0 saturated heterocycles. The Hall–Kier alpha value is -2.58. The van der Waals surface area contributed by atoms with Crippen LogP contribution in [-0.4, -0.2) is 6.61 Å². The van der Waals surface area contributed by atoms with Gasteiger partial charge in [-0.3, -0.25) is 0 Å². The van der Waals surface area contributed by atoms with Crippen molar-refractivity contribution >= 4 is 0 Å². The topological polar surface area (TPSA) is 18.5 Å². The summed E-state index contributed by atoms with van der Waals surface area (Å²) >= 11 is 0. The van der Waals surface area contributed by atoms with E-state index in [4.69, 9.17) is 9.47 Å². The molecule has 0 heterocycles. The van der Waals surface area contributed by atoms with Gasteiger partial charge in [-0.25, -0.2) is 0 Å². The highest BCUT2D eigenvalue weighted by Crippen LogP contribution is 2.33. The van der Waals surface area contributed by atoms with Gasteiger partial charge < -0.3 is 9.47 Å². The molecule has 0 aromatic heterocycles. The van der Waals surface area contributed by atoms with E-state index < -0.39 is 6.29 Å². The van der Waals surface area contributed by atoms with E-state index in [1.807, 2.05) is 13.0 Å². The van der Waals surface area contributed by atoms with Crippen LogP contribution in [0.5, 0.6) is 5.75 Å². The first-order chi connectivity index (χ1) is 15.0. The maximum absolute atomic E-state index is 6.24. The summed E-state index contributed by atoms with van der Waals surface area (Å²) in [5.41, 5.74) is 4.80. The van der Waals surface area contributed by atoms with Crippen LogP contribution < -0.4 is 4.74 Å². The average molecular weight is 417 g/mol. The van der Waals surface area contributed by atoms with Gasteiger partial charge in [0.1, 0.15) is 5.75 Å². The summed E-state index contributed by atoms with van der Waals surface area (Å²) in [5, 5.41) is 0. The maximum Gasteiger partial charge on any atom is 0.226 e. The maximum atomic E-state index is 6.24. The van der Waals surface area contributed by atoms with Crippen LogP contribution in [0.4, 0.5) is 0 Å². The smallest absolute Gasteiger partial charge is 0.226 e. The lowest BCUT2D eigenvalue weighted by Crippen LogP contribution is -2.12. The first-order valence-corrected chi connectivity index (χ1v) is 11.5. The molecule has 0 aliphatic heterocycles. The van der Waals surface area contributed by atoms with Crippen molar-refractivity contribution in [1.29, 1.82) is 0 Å². The molecule has 0 bridgehead atoms.